The SMILES string of the molecule is O=C1c2ccccc2C(=O)N1CCCc1cccc(CCCN2C(=O)c3ccccc3C2=O)n1. The van der Waals surface area contributed by atoms with Crippen LogP contribution in [0.5, 0.6) is 0 Å². The van der Waals surface area contributed by atoms with E-state index in [-0.39, 0.29) is 23.6 Å². The van der Waals surface area contributed by atoms with Gasteiger partial charge in [0.1, 0.15) is 0 Å². The predicted molar refractivity (Wildman–Crippen MR) is 124 cm³/mol. The molecule has 7 heteroatoms. The average molecular weight is 453 g/mol. The molecule has 7 nitrogen and oxygen atoms in total. The molecule has 0 radical (unpaired) electrons. The lowest BCUT2D eigenvalue weighted by Gasteiger charge is -2.14. The topological polar surface area (TPSA) is 87.7 Å². The zero-order valence-corrected chi connectivity index (χ0v) is 18.6. The number of carbonyl (C=O) groups excluding carboxylic acids is 4. The first-order chi connectivity index (χ1) is 16.5. The number of fused-ring (bicyclic) bond motifs is 2. The van der Waals surface area contributed by atoms with E-state index in [1.54, 1.807) is 48.5 Å². The van der Waals surface area contributed by atoms with Crippen LogP contribution in [0.2, 0.25) is 0 Å². The van der Waals surface area contributed by atoms with Crippen LogP contribution in [0.3, 0.4) is 0 Å². The molecule has 2 aromatic carbocycles. The molecule has 2 aliphatic heterocycles. The Morgan fingerprint density at radius 2 is 0.853 bits per heavy atom. The van der Waals surface area contributed by atoms with Crippen LogP contribution in [0.25, 0.3) is 0 Å². The van der Waals surface area contributed by atoms with Gasteiger partial charge in [0.15, 0.2) is 0 Å². The van der Waals surface area contributed by atoms with Crippen LogP contribution in [0.15, 0.2) is 66.7 Å². The van der Waals surface area contributed by atoms with Gasteiger partial charge >= 0.3 is 0 Å². The molecule has 0 fully saturated rings. The van der Waals surface area contributed by atoms with E-state index in [9.17, 15) is 19.2 Å². The van der Waals surface area contributed by atoms with Crippen molar-refractivity contribution in [1.82, 2.24) is 14.8 Å². The lowest BCUT2D eigenvalue weighted by atomic mass is 10.1. The molecule has 34 heavy (non-hydrogen) atoms. The Balaban J connectivity index is 1.13. The van der Waals surface area contributed by atoms with Crippen molar-refractivity contribution in [3.8, 4) is 0 Å². The van der Waals surface area contributed by atoms with Crippen molar-refractivity contribution >= 4 is 23.6 Å². The van der Waals surface area contributed by atoms with E-state index in [0.717, 1.165) is 11.4 Å². The fraction of sp³-hybridized carbons (Fsp3) is 0.222. The third-order valence-electron chi connectivity index (χ3n) is 6.25. The molecule has 0 unspecified atom stereocenters. The van der Waals surface area contributed by atoms with Crippen LogP contribution < -0.4 is 0 Å². The molecule has 0 aliphatic carbocycles. The fourth-order valence-corrected chi connectivity index (χ4v) is 4.53. The number of rotatable bonds is 8. The zero-order valence-electron chi connectivity index (χ0n) is 18.6. The van der Waals surface area contributed by atoms with Crippen molar-refractivity contribution in [1.29, 1.82) is 0 Å². The minimum absolute atomic E-state index is 0.240. The summed E-state index contributed by atoms with van der Waals surface area (Å²) in [6.45, 7) is 0.690. The van der Waals surface area contributed by atoms with Gasteiger partial charge in [-0.25, -0.2) is 0 Å². The van der Waals surface area contributed by atoms with Crippen molar-refractivity contribution in [3.05, 3.63) is 100 Å². The summed E-state index contributed by atoms with van der Waals surface area (Å²) in [5.41, 5.74) is 3.62. The number of aromatic nitrogens is 1. The van der Waals surface area contributed by atoms with Crippen molar-refractivity contribution in [2.24, 2.45) is 0 Å². The Hall–Kier alpha value is -4.13. The summed E-state index contributed by atoms with van der Waals surface area (Å²) in [6, 6.07) is 19.6. The number of hydrogen-bond donors (Lipinski definition) is 0. The van der Waals surface area contributed by atoms with Crippen LogP contribution in [-0.2, 0) is 12.8 Å². The van der Waals surface area contributed by atoms with Crippen LogP contribution in [0.1, 0.15) is 65.7 Å². The van der Waals surface area contributed by atoms with E-state index in [0.29, 0.717) is 61.0 Å². The third-order valence-corrected chi connectivity index (χ3v) is 6.25. The first-order valence-electron chi connectivity index (χ1n) is 11.4. The predicted octanol–water partition coefficient (Wildman–Crippen LogP) is 3.54. The lowest BCUT2D eigenvalue weighted by Crippen LogP contribution is -2.31. The molecule has 0 saturated carbocycles. The monoisotopic (exact) mass is 453 g/mol. The van der Waals surface area contributed by atoms with Crippen LogP contribution >= 0.6 is 0 Å². The molecule has 3 heterocycles. The van der Waals surface area contributed by atoms with Gasteiger partial charge in [0.25, 0.3) is 23.6 Å². The van der Waals surface area contributed by atoms with E-state index >= 15 is 0 Å². The summed E-state index contributed by atoms with van der Waals surface area (Å²) in [7, 11) is 0. The zero-order chi connectivity index (χ0) is 23.7. The van der Waals surface area contributed by atoms with Gasteiger partial charge in [-0.3, -0.25) is 34.0 Å². The highest BCUT2D eigenvalue weighted by Gasteiger charge is 2.35. The highest BCUT2D eigenvalue weighted by molar-refractivity contribution is 6.22. The Labute approximate surface area is 197 Å². The van der Waals surface area contributed by atoms with E-state index in [4.69, 9.17) is 0 Å². The van der Waals surface area contributed by atoms with Gasteiger partial charge in [-0.15, -0.1) is 0 Å². The standard InChI is InChI=1S/C27H23N3O4/c31-24-20-12-1-2-13-21(20)25(32)29(24)16-6-10-18-8-5-9-19(28-18)11-7-17-30-26(33)22-14-3-4-15-23(22)27(30)34/h1-5,8-9,12-15H,6-7,10-11,16-17H2. The second-order valence-electron chi connectivity index (χ2n) is 8.44. The van der Waals surface area contributed by atoms with Crippen LogP contribution in [0.4, 0.5) is 0 Å². The maximum absolute atomic E-state index is 12.5. The molecule has 1 aromatic heterocycles. The normalized spacial score (nSPS) is 14.7. The first kappa shape index (κ1) is 21.7. The van der Waals surface area contributed by atoms with Crippen molar-refractivity contribution in [3.63, 3.8) is 0 Å². The molecule has 4 amide bonds. The maximum atomic E-state index is 12.5. The molecule has 5 rings (SSSR count). The van der Waals surface area contributed by atoms with Gasteiger partial charge in [0.2, 0.25) is 0 Å². The van der Waals surface area contributed by atoms with Crippen LogP contribution in [-0.4, -0.2) is 51.5 Å². The minimum Gasteiger partial charge on any atom is -0.274 e. The Morgan fingerprint density at radius 1 is 0.500 bits per heavy atom. The van der Waals surface area contributed by atoms with E-state index in [1.165, 1.54) is 9.80 Å². The third kappa shape index (κ3) is 3.90. The van der Waals surface area contributed by atoms with Gasteiger partial charge in [0.05, 0.1) is 22.3 Å². The van der Waals surface area contributed by atoms with Crippen molar-refractivity contribution in [2.75, 3.05) is 13.1 Å². The van der Waals surface area contributed by atoms with Gasteiger partial charge in [0, 0.05) is 24.5 Å². The number of pyridine rings is 1. The van der Waals surface area contributed by atoms with E-state index in [2.05, 4.69) is 4.98 Å². The molecule has 0 N–H and O–H groups in total. The number of imide groups is 2. The maximum Gasteiger partial charge on any atom is 0.261 e. The minimum atomic E-state index is -0.240. The van der Waals surface area contributed by atoms with Gasteiger partial charge < -0.3 is 0 Å². The highest BCUT2D eigenvalue weighted by Crippen LogP contribution is 2.24. The van der Waals surface area contributed by atoms with Crippen molar-refractivity contribution in [2.45, 2.75) is 25.7 Å². The summed E-state index contributed by atoms with van der Waals surface area (Å²) in [4.78, 5) is 57.2. The molecule has 2 aliphatic rings. The molecule has 0 atom stereocenters. The lowest BCUT2D eigenvalue weighted by molar-refractivity contribution is 0.0637. The number of nitrogens with zero attached hydrogens (tertiary/aromatic N) is 3. The van der Waals surface area contributed by atoms with E-state index in [1.807, 2.05) is 18.2 Å². The number of benzene rings is 2. The molecule has 0 bridgehead atoms. The molecule has 0 saturated heterocycles. The first-order valence-corrected chi connectivity index (χ1v) is 11.4. The fourth-order valence-electron chi connectivity index (χ4n) is 4.53. The Bertz CT molecular complexity index is 1150. The number of aryl methyl sites for hydroxylation is 2. The summed E-state index contributed by atoms with van der Waals surface area (Å²) in [6.07, 6.45) is 2.52. The molecular weight excluding hydrogens is 430 g/mol. The summed E-state index contributed by atoms with van der Waals surface area (Å²) < 4.78 is 0. The molecule has 170 valence electrons. The molecule has 3 aromatic rings. The Morgan fingerprint density at radius 3 is 1.21 bits per heavy atom. The second-order valence-corrected chi connectivity index (χ2v) is 8.44. The number of amides is 4. The quantitative estimate of drug-likeness (QED) is 0.487. The second kappa shape index (κ2) is 9.02. The summed E-state index contributed by atoms with van der Waals surface area (Å²) in [5.74, 6) is -0.961. The van der Waals surface area contributed by atoms with Crippen molar-refractivity contribution < 1.29 is 19.2 Å². The van der Waals surface area contributed by atoms with Gasteiger partial charge in [-0.05, 0) is 62.1 Å². The molecule has 0 spiro atoms. The van der Waals surface area contributed by atoms with Crippen LogP contribution in [0, 0.1) is 0 Å². The highest BCUT2D eigenvalue weighted by atomic mass is 16.2. The largest absolute Gasteiger partial charge is 0.274 e. The summed E-state index contributed by atoms with van der Waals surface area (Å²) in [5, 5.41) is 0. The van der Waals surface area contributed by atoms with Gasteiger partial charge in [-0.2, -0.15) is 0 Å². The summed E-state index contributed by atoms with van der Waals surface area (Å²) >= 11 is 0. The number of carbonyl (C=O) groups is 4. The number of hydrogen-bond acceptors (Lipinski definition) is 5. The van der Waals surface area contributed by atoms with E-state index < -0.39 is 0 Å². The Kier molecular flexibility index (Phi) is 5.76. The average Bonchev–Trinajstić information content (AvgIpc) is 3.25. The smallest absolute Gasteiger partial charge is 0.261 e. The molecular formula is C27H23N3O4. The van der Waals surface area contributed by atoms with Gasteiger partial charge in [-0.1, -0.05) is 30.3 Å².